The Bertz CT molecular complexity index is 588. The molecule has 0 aliphatic heterocycles. The summed E-state index contributed by atoms with van der Waals surface area (Å²) in [7, 11) is 1.97. The summed E-state index contributed by atoms with van der Waals surface area (Å²) in [6.07, 6.45) is 2.57. The van der Waals surface area contributed by atoms with E-state index in [1.165, 1.54) is 35.2 Å². The lowest BCUT2D eigenvalue weighted by molar-refractivity contribution is 1.04. The summed E-state index contributed by atoms with van der Waals surface area (Å²) < 4.78 is 1.09. The van der Waals surface area contributed by atoms with Gasteiger partial charge < -0.3 is 5.32 Å². The number of fused-ring (bicyclic) bond motifs is 1. The number of hydrogen-bond acceptors (Lipinski definition) is 2. The normalized spacial score (nSPS) is 15.2. The molecule has 1 heterocycles. The summed E-state index contributed by atoms with van der Waals surface area (Å²) in [5.74, 6) is 0.680. The minimum atomic E-state index is 0.680. The fourth-order valence-electron chi connectivity index (χ4n) is 2.24. The highest BCUT2D eigenvalue weighted by molar-refractivity contribution is 9.10. The molecule has 1 aromatic carbocycles. The quantitative estimate of drug-likeness (QED) is 0.896. The van der Waals surface area contributed by atoms with E-state index in [1.807, 2.05) is 7.05 Å². The molecule has 0 unspecified atom stereocenters. The molecule has 0 atom stereocenters. The maximum Gasteiger partial charge on any atom is 0.0868 e. The molecule has 88 valence electrons. The van der Waals surface area contributed by atoms with Crippen LogP contribution in [0.1, 0.15) is 30.0 Å². The fraction of sp³-hybridized carbons (Fsp3) is 0.357. The molecule has 0 spiro atoms. The van der Waals surface area contributed by atoms with Gasteiger partial charge in [-0.15, -0.1) is 0 Å². The lowest BCUT2D eigenvalue weighted by atomic mass is 10.1. The van der Waals surface area contributed by atoms with Crippen LogP contribution in [0.4, 0.5) is 5.69 Å². The zero-order chi connectivity index (χ0) is 12.0. The first-order chi connectivity index (χ1) is 8.19. The second-order valence-electron chi connectivity index (χ2n) is 4.76. The molecule has 3 heteroatoms. The van der Waals surface area contributed by atoms with Crippen molar-refractivity contribution < 1.29 is 0 Å². The predicted molar refractivity (Wildman–Crippen MR) is 75.7 cm³/mol. The van der Waals surface area contributed by atoms with E-state index in [-0.39, 0.29) is 0 Å². The van der Waals surface area contributed by atoms with Crippen molar-refractivity contribution in [3.8, 4) is 0 Å². The molecule has 1 N–H and O–H groups in total. The number of anilines is 1. The molecule has 0 amide bonds. The standard InChI is InChI=1S/C14H15BrN2/c1-8-5-10-13(16-2)7-12(9-3-4-9)17-14(10)11(15)6-8/h5-7,9H,3-4H2,1-2H3,(H,16,17). The third kappa shape index (κ3) is 1.93. The summed E-state index contributed by atoms with van der Waals surface area (Å²) in [5, 5.41) is 4.48. The average Bonchev–Trinajstić information content (AvgIpc) is 3.11. The van der Waals surface area contributed by atoms with Gasteiger partial charge in [0.25, 0.3) is 0 Å². The van der Waals surface area contributed by atoms with Crippen molar-refractivity contribution in [1.82, 2.24) is 4.98 Å². The smallest absolute Gasteiger partial charge is 0.0868 e. The van der Waals surface area contributed by atoms with E-state index in [9.17, 15) is 0 Å². The van der Waals surface area contributed by atoms with Crippen LogP contribution in [0, 0.1) is 6.92 Å². The van der Waals surface area contributed by atoms with Crippen molar-refractivity contribution in [2.45, 2.75) is 25.7 Å². The Morgan fingerprint density at radius 3 is 2.71 bits per heavy atom. The van der Waals surface area contributed by atoms with Crippen LogP contribution in [-0.4, -0.2) is 12.0 Å². The van der Waals surface area contributed by atoms with E-state index < -0.39 is 0 Å². The van der Waals surface area contributed by atoms with E-state index in [2.05, 4.69) is 46.4 Å². The van der Waals surface area contributed by atoms with Crippen LogP contribution in [0.3, 0.4) is 0 Å². The number of rotatable bonds is 2. The molecule has 0 radical (unpaired) electrons. The Morgan fingerprint density at radius 1 is 1.29 bits per heavy atom. The first-order valence-corrected chi connectivity index (χ1v) is 6.77. The third-order valence-electron chi connectivity index (χ3n) is 3.30. The monoisotopic (exact) mass is 290 g/mol. The Kier molecular flexibility index (Phi) is 2.58. The van der Waals surface area contributed by atoms with Crippen molar-refractivity contribution in [2.75, 3.05) is 12.4 Å². The highest BCUT2D eigenvalue weighted by Gasteiger charge is 2.26. The minimum Gasteiger partial charge on any atom is -0.388 e. The zero-order valence-electron chi connectivity index (χ0n) is 10.0. The molecule has 0 saturated heterocycles. The molecule has 1 saturated carbocycles. The SMILES string of the molecule is CNc1cc(C2CC2)nc2c(Br)cc(C)cc12. The second kappa shape index (κ2) is 3.98. The summed E-state index contributed by atoms with van der Waals surface area (Å²) in [6, 6.07) is 6.52. The van der Waals surface area contributed by atoms with Crippen LogP contribution in [0.25, 0.3) is 10.9 Å². The van der Waals surface area contributed by atoms with Crippen LogP contribution < -0.4 is 5.32 Å². The topological polar surface area (TPSA) is 24.9 Å². The number of benzene rings is 1. The van der Waals surface area contributed by atoms with E-state index in [4.69, 9.17) is 4.98 Å². The number of aryl methyl sites for hydroxylation is 1. The molecule has 3 rings (SSSR count). The lowest BCUT2D eigenvalue weighted by Gasteiger charge is -2.11. The molecule has 1 aliphatic carbocycles. The molecule has 17 heavy (non-hydrogen) atoms. The number of halogens is 1. The van der Waals surface area contributed by atoms with E-state index in [0.29, 0.717) is 5.92 Å². The van der Waals surface area contributed by atoms with Gasteiger partial charge in [-0.05, 0) is 59.5 Å². The average molecular weight is 291 g/mol. The Labute approximate surface area is 110 Å². The summed E-state index contributed by atoms with van der Waals surface area (Å²) in [4.78, 5) is 4.80. The van der Waals surface area contributed by atoms with Gasteiger partial charge in [-0.25, -0.2) is 0 Å². The summed E-state index contributed by atoms with van der Waals surface area (Å²) in [5.41, 5.74) is 4.74. The van der Waals surface area contributed by atoms with Gasteiger partial charge in [0.05, 0.1) is 5.52 Å². The van der Waals surface area contributed by atoms with Gasteiger partial charge in [-0.2, -0.15) is 0 Å². The Hall–Kier alpha value is -1.09. The highest BCUT2D eigenvalue weighted by Crippen LogP contribution is 2.42. The van der Waals surface area contributed by atoms with E-state index in [1.54, 1.807) is 0 Å². The van der Waals surface area contributed by atoms with Gasteiger partial charge in [0.2, 0.25) is 0 Å². The zero-order valence-corrected chi connectivity index (χ0v) is 11.6. The largest absolute Gasteiger partial charge is 0.388 e. The number of aromatic nitrogens is 1. The number of pyridine rings is 1. The molecular weight excluding hydrogens is 276 g/mol. The second-order valence-corrected chi connectivity index (χ2v) is 5.62. The van der Waals surface area contributed by atoms with Gasteiger partial charge in [-0.1, -0.05) is 0 Å². The predicted octanol–water partition coefficient (Wildman–Crippen LogP) is 4.22. The summed E-state index contributed by atoms with van der Waals surface area (Å²) in [6.45, 7) is 2.11. The Balaban J connectivity index is 2.31. The van der Waals surface area contributed by atoms with Crippen LogP contribution in [-0.2, 0) is 0 Å². The van der Waals surface area contributed by atoms with Crippen molar-refractivity contribution in [1.29, 1.82) is 0 Å². The van der Waals surface area contributed by atoms with Gasteiger partial charge >= 0.3 is 0 Å². The molecule has 1 fully saturated rings. The van der Waals surface area contributed by atoms with Crippen molar-refractivity contribution in [2.24, 2.45) is 0 Å². The van der Waals surface area contributed by atoms with Gasteiger partial charge in [0, 0.05) is 34.2 Å². The maximum absolute atomic E-state index is 4.80. The number of nitrogens with zero attached hydrogens (tertiary/aromatic N) is 1. The van der Waals surface area contributed by atoms with Gasteiger partial charge in [0.1, 0.15) is 0 Å². The van der Waals surface area contributed by atoms with Crippen LogP contribution >= 0.6 is 15.9 Å². The first-order valence-electron chi connectivity index (χ1n) is 5.97. The maximum atomic E-state index is 4.80. The number of nitrogens with one attached hydrogen (secondary N) is 1. The minimum absolute atomic E-state index is 0.680. The lowest BCUT2D eigenvalue weighted by Crippen LogP contribution is -1.96. The first kappa shape index (κ1) is 11.0. The van der Waals surface area contributed by atoms with Crippen LogP contribution in [0.5, 0.6) is 0 Å². The van der Waals surface area contributed by atoms with Crippen LogP contribution in [0.15, 0.2) is 22.7 Å². The van der Waals surface area contributed by atoms with Gasteiger partial charge in [-0.3, -0.25) is 4.98 Å². The summed E-state index contributed by atoms with van der Waals surface area (Å²) >= 11 is 3.62. The van der Waals surface area contributed by atoms with Gasteiger partial charge in [0.15, 0.2) is 0 Å². The van der Waals surface area contributed by atoms with Crippen LogP contribution in [0.2, 0.25) is 0 Å². The molecule has 2 nitrogen and oxygen atoms in total. The Morgan fingerprint density at radius 2 is 2.06 bits per heavy atom. The molecule has 1 aromatic heterocycles. The van der Waals surface area contributed by atoms with E-state index >= 15 is 0 Å². The molecule has 2 aromatic rings. The number of hydrogen-bond donors (Lipinski definition) is 1. The molecule has 0 bridgehead atoms. The highest BCUT2D eigenvalue weighted by atomic mass is 79.9. The van der Waals surface area contributed by atoms with Crippen molar-refractivity contribution in [3.05, 3.63) is 33.9 Å². The van der Waals surface area contributed by atoms with E-state index in [0.717, 1.165) is 9.99 Å². The van der Waals surface area contributed by atoms with Crippen molar-refractivity contribution in [3.63, 3.8) is 0 Å². The fourth-order valence-corrected chi connectivity index (χ4v) is 2.90. The third-order valence-corrected chi connectivity index (χ3v) is 3.90. The van der Waals surface area contributed by atoms with Crippen molar-refractivity contribution >= 4 is 32.5 Å². The molecule has 1 aliphatic rings. The molecular formula is C14H15BrN2.